The fourth-order valence-corrected chi connectivity index (χ4v) is 2.62. The van der Waals surface area contributed by atoms with Crippen molar-refractivity contribution in [1.29, 1.82) is 0 Å². The number of rotatable bonds is 4. The summed E-state index contributed by atoms with van der Waals surface area (Å²) in [7, 11) is 0. The number of amides is 1. The number of nitrogens with one attached hydrogen (secondary N) is 1. The van der Waals surface area contributed by atoms with Gasteiger partial charge in [0.1, 0.15) is 5.01 Å². The molecular formula is C15H18N2OS. The molecule has 4 heteroatoms. The average molecular weight is 274 g/mol. The van der Waals surface area contributed by atoms with Crippen molar-refractivity contribution < 1.29 is 4.79 Å². The first-order valence-corrected chi connectivity index (χ1v) is 7.11. The molecule has 2 aromatic rings. The summed E-state index contributed by atoms with van der Waals surface area (Å²) in [6.45, 7) is 6.59. The number of carbonyl (C=O) groups excluding carboxylic acids is 1. The lowest BCUT2D eigenvalue weighted by Crippen LogP contribution is -2.24. The zero-order valence-electron chi connectivity index (χ0n) is 11.5. The molecule has 3 nitrogen and oxygen atoms in total. The number of carbonyl (C=O) groups is 1. The van der Waals surface area contributed by atoms with Gasteiger partial charge in [0.05, 0.1) is 18.7 Å². The van der Waals surface area contributed by atoms with Crippen LogP contribution < -0.4 is 5.32 Å². The van der Waals surface area contributed by atoms with Crippen molar-refractivity contribution in [3.05, 3.63) is 51.0 Å². The van der Waals surface area contributed by atoms with Crippen molar-refractivity contribution in [3.8, 4) is 0 Å². The summed E-state index contributed by atoms with van der Waals surface area (Å²) in [5.74, 6) is 0.0364. The normalized spacial score (nSPS) is 10.5. The molecule has 1 amide bonds. The summed E-state index contributed by atoms with van der Waals surface area (Å²) in [5.41, 5.74) is 3.29. The Kier molecular flexibility index (Phi) is 4.32. The Labute approximate surface area is 117 Å². The molecule has 1 heterocycles. The molecule has 0 aliphatic carbocycles. The monoisotopic (exact) mass is 274 g/mol. The van der Waals surface area contributed by atoms with Crippen LogP contribution in [-0.2, 0) is 17.8 Å². The number of aromatic nitrogens is 1. The Balaban J connectivity index is 1.86. The minimum absolute atomic E-state index is 0.0364. The van der Waals surface area contributed by atoms with E-state index >= 15 is 0 Å². The predicted octanol–water partition coefficient (Wildman–Crippen LogP) is 2.93. The number of nitrogens with zero attached hydrogens (tertiary/aromatic N) is 1. The number of benzene rings is 1. The minimum atomic E-state index is 0.0364. The van der Waals surface area contributed by atoms with Crippen molar-refractivity contribution >= 4 is 17.2 Å². The summed E-state index contributed by atoms with van der Waals surface area (Å²) in [5, 5.41) is 3.88. The first-order chi connectivity index (χ1) is 9.04. The highest BCUT2D eigenvalue weighted by molar-refractivity contribution is 7.11. The molecule has 1 N–H and O–H groups in total. The summed E-state index contributed by atoms with van der Waals surface area (Å²) in [4.78, 5) is 17.4. The topological polar surface area (TPSA) is 42.0 Å². The molecule has 2 rings (SSSR count). The van der Waals surface area contributed by atoms with E-state index in [0.29, 0.717) is 13.0 Å². The third-order valence-corrected chi connectivity index (χ3v) is 4.07. The fourth-order valence-electron chi connectivity index (χ4n) is 1.74. The van der Waals surface area contributed by atoms with Gasteiger partial charge in [0.25, 0.3) is 0 Å². The molecule has 0 saturated carbocycles. The lowest BCUT2D eigenvalue weighted by molar-refractivity contribution is -0.120. The van der Waals surface area contributed by atoms with Gasteiger partial charge in [0.15, 0.2) is 0 Å². The highest BCUT2D eigenvalue weighted by Gasteiger charge is 2.06. The Morgan fingerprint density at radius 2 is 1.89 bits per heavy atom. The average Bonchev–Trinajstić information content (AvgIpc) is 2.69. The van der Waals surface area contributed by atoms with Gasteiger partial charge in [-0.2, -0.15) is 0 Å². The molecular weight excluding hydrogens is 256 g/mol. The maximum atomic E-state index is 11.8. The lowest BCUT2D eigenvalue weighted by Gasteiger charge is -2.03. The maximum absolute atomic E-state index is 11.8. The van der Waals surface area contributed by atoms with Crippen LogP contribution in [0.4, 0.5) is 0 Å². The van der Waals surface area contributed by atoms with Crippen LogP contribution in [0.2, 0.25) is 0 Å². The third-order valence-electron chi connectivity index (χ3n) is 2.99. The summed E-state index contributed by atoms with van der Waals surface area (Å²) in [6, 6.07) is 8.03. The van der Waals surface area contributed by atoms with E-state index < -0.39 is 0 Å². The van der Waals surface area contributed by atoms with Crippen LogP contribution in [0, 0.1) is 20.8 Å². The van der Waals surface area contributed by atoms with E-state index in [1.54, 1.807) is 11.3 Å². The number of aryl methyl sites for hydroxylation is 3. The summed E-state index contributed by atoms with van der Waals surface area (Å²) in [6.07, 6.45) is 0.420. The highest BCUT2D eigenvalue weighted by atomic mass is 32.1. The number of thiazole rings is 1. The van der Waals surface area contributed by atoms with Gasteiger partial charge < -0.3 is 5.32 Å². The van der Waals surface area contributed by atoms with E-state index in [1.165, 1.54) is 10.4 Å². The van der Waals surface area contributed by atoms with Gasteiger partial charge in [-0.15, -0.1) is 11.3 Å². The van der Waals surface area contributed by atoms with Crippen LogP contribution in [0.3, 0.4) is 0 Å². The second-order valence-corrected chi connectivity index (χ2v) is 5.98. The van der Waals surface area contributed by atoms with Gasteiger partial charge in [-0.25, -0.2) is 4.98 Å². The Morgan fingerprint density at radius 3 is 2.47 bits per heavy atom. The van der Waals surface area contributed by atoms with E-state index in [0.717, 1.165) is 16.3 Å². The maximum Gasteiger partial charge on any atom is 0.224 e. The summed E-state index contributed by atoms with van der Waals surface area (Å²) < 4.78 is 0. The molecule has 0 fully saturated rings. The van der Waals surface area contributed by atoms with E-state index in [1.807, 2.05) is 45.0 Å². The van der Waals surface area contributed by atoms with Crippen LogP contribution in [0.1, 0.15) is 26.7 Å². The molecule has 1 aromatic heterocycles. The SMILES string of the molecule is Cc1ccc(CC(=O)NCc2nc(C)c(C)s2)cc1. The van der Waals surface area contributed by atoms with Gasteiger partial charge in [0.2, 0.25) is 5.91 Å². The molecule has 0 aliphatic rings. The van der Waals surface area contributed by atoms with Crippen LogP contribution in [-0.4, -0.2) is 10.9 Å². The van der Waals surface area contributed by atoms with E-state index in [-0.39, 0.29) is 5.91 Å². The zero-order chi connectivity index (χ0) is 13.8. The molecule has 0 saturated heterocycles. The van der Waals surface area contributed by atoms with Gasteiger partial charge in [-0.1, -0.05) is 29.8 Å². The Bertz CT molecular complexity index is 553. The Morgan fingerprint density at radius 1 is 1.21 bits per heavy atom. The molecule has 0 bridgehead atoms. The van der Waals surface area contributed by atoms with Crippen molar-refractivity contribution in [2.75, 3.05) is 0 Å². The van der Waals surface area contributed by atoms with Gasteiger partial charge >= 0.3 is 0 Å². The third kappa shape index (κ3) is 3.89. The summed E-state index contributed by atoms with van der Waals surface area (Å²) >= 11 is 1.64. The van der Waals surface area contributed by atoms with Crippen LogP contribution >= 0.6 is 11.3 Å². The fraction of sp³-hybridized carbons (Fsp3) is 0.333. The lowest BCUT2D eigenvalue weighted by atomic mass is 10.1. The molecule has 0 unspecified atom stereocenters. The molecule has 0 radical (unpaired) electrons. The van der Waals surface area contributed by atoms with E-state index in [9.17, 15) is 4.79 Å². The minimum Gasteiger partial charge on any atom is -0.349 e. The standard InChI is InChI=1S/C15H18N2OS/c1-10-4-6-13(7-5-10)8-14(18)16-9-15-17-11(2)12(3)19-15/h4-7H,8-9H2,1-3H3,(H,16,18). The van der Waals surface area contributed by atoms with Crippen molar-refractivity contribution in [2.24, 2.45) is 0 Å². The number of hydrogen-bond acceptors (Lipinski definition) is 3. The van der Waals surface area contributed by atoms with Gasteiger partial charge in [-0.3, -0.25) is 4.79 Å². The van der Waals surface area contributed by atoms with Gasteiger partial charge in [0, 0.05) is 4.88 Å². The zero-order valence-corrected chi connectivity index (χ0v) is 12.3. The highest BCUT2D eigenvalue weighted by Crippen LogP contribution is 2.16. The quantitative estimate of drug-likeness (QED) is 0.931. The Hall–Kier alpha value is -1.68. The van der Waals surface area contributed by atoms with Crippen LogP contribution in [0.25, 0.3) is 0 Å². The van der Waals surface area contributed by atoms with Crippen LogP contribution in [0.5, 0.6) is 0 Å². The largest absolute Gasteiger partial charge is 0.349 e. The second-order valence-electron chi connectivity index (χ2n) is 4.69. The first-order valence-electron chi connectivity index (χ1n) is 6.30. The molecule has 0 atom stereocenters. The van der Waals surface area contributed by atoms with Gasteiger partial charge in [-0.05, 0) is 26.3 Å². The second kappa shape index (κ2) is 5.97. The predicted molar refractivity (Wildman–Crippen MR) is 78.3 cm³/mol. The van der Waals surface area contributed by atoms with Crippen molar-refractivity contribution in [1.82, 2.24) is 10.3 Å². The molecule has 0 spiro atoms. The molecule has 19 heavy (non-hydrogen) atoms. The van der Waals surface area contributed by atoms with Crippen LogP contribution in [0.15, 0.2) is 24.3 Å². The number of hydrogen-bond donors (Lipinski definition) is 1. The molecule has 0 aliphatic heterocycles. The smallest absolute Gasteiger partial charge is 0.224 e. The molecule has 1 aromatic carbocycles. The molecule has 100 valence electrons. The first kappa shape index (κ1) is 13.7. The van der Waals surface area contributed by atoms with E-state index in [4.69, 9.17) is 0 Å². The van der Waals surface area contributed by atoms with Crippen molar-refractivity contribution in [2.45, 2.75) is 33.7 Å². The van der Waals surface area contributed by atoms with Crippen molar-refractivity contribution in [3.63, 3.8) is 0 Å². The van der Waals surface area contributed by atoms with E-state index in [2.05, 4.69) is 10.3 Å².